The Hall–Kier alpha value is -2.17. The van der Waals surface area contributed by atoms with Crippen molar-refractivity contribution in [2.75, 3.05) is 22.4 Å². The molecule has 6 nitrogen and oxygen atoms in total. The Balaban J connectivity index is 1.90. The minimum Gasteiger partial charge on any atom is -0.476 e. The number of benzene rings is 2. The Morgan fingerprint density at radius 2 is 1.90 bits per heavy atom. The van der Waals surface area contributed by atoms with Gasteiger partial charge in [-0.1, -0.05) is 23.2 Å². The van der Waals surface area contributed by atoms with Crippen LogP contribution in [-0.4, -0.2) is 33.2 Å². The van der Waals surface area contributed by atoms with E-state index >= 15 is 0 Å². The van der Waals surface area contributed by atoms with E-state index in [1.165, 1.54) is 18.2 Å². The molecule has 0 radical (unpaired) electrons. The number of hydrogen-bond donors (Lipinski definition) is 1. The highest BCUT2D eigenvalue weighted by Crippen LogP contribution is 2.38. The van der Waals surface area contributed by atoms with Gasteiger partial charge in [0.05, 0.1) is 34.8 Å². The average molecular weight is 469 g/mol. The summed E-state index contributed by atoms with van der Waals surface area (Å²) in [5.74, 6) is -0.776. The molecule has 1 atom stereocenters. The Bertz CT molecular complexity index is 1080. The summed E-state index contributed by atoms with van der Waals surface area (Å²) in [6.07, 6.45) is -5.01. The van der Waals surface area contributed by atoms with Crippen LogP contribution in [0.2, 0.25) is 10.0 Å². The third-order valence-electron chi connectivity index (χ3n) is 4.03. The minimum atomic E-state index is -4.63. The summed E-state index contributed by atoms with van der Waals surface area (Å²) in [5, 5.41) is 2.41. The van der Waals surface area contributed by atoms with Crippen molar-refractivity contribution >= 4 is 50.5 Å². The molecular weight excluding hydrogens is 456 g/mol. The predicted octanol–water partition coefficient (Wildman–Crippen LogP) is 4.18. The maximum atomic E-state index is 12.9. The van der Waals surface area contributed by atoms with Gasteiger partial charge >= 0.3 is 6.18 Å². The van der Waals surface area contributed by atoms with Crippen LogP contribution in [0.25, 0.3) is 0 Å². The van der Waals surface area contributed by atoms with Gasteiger partial charge in [0.15, 0.2) is 6.10 Å². The van der Waals surface area contributed by atoms with Gasteiger partial charge in [-0.2, -0.15) is 13.2 Å². The number of rotatable bonds is 3. The van der Waals surface area contributed by atoms with Gasteiger partial charge in [0, 0.05) is 5.02 Å². The fraction of sp³-hybridized carbons (Fsp3) is 0.235. The SMILES string of the molecule is CS(=O)(=O)N1C[C@H](C(=O)Nc2cc(C(F)(F)F)ccc2Cl)Oc2ccc(Cl)cc21. The second-order valence-corrected chi connectivity index (χ2v) is 8.94. The van der Waals surface area contributed by atoms with E-state index < -0.39 is 40.3 Å². The smallest absolute Gasteiger partial charge is 0.416 e. The summed E-state index contributed by atoms with van der Waals surface area (Å²) >= 11 is 11.8. The van der Waals surface area contributed by atoms with Crippen molar-refractivity contribution in [1.29, 1.82) is 0 Å². The molecule has 12 heteroatoms. The summed E-state index contributed by atoms with van der Waals surface area (Å²) in [5.41, 5.74) is -1.12. The Morgan fingerprint density at radius 1 is 1.21 bits per heavy atom. The first kappa shape index (κ1) is 21.5. The third-order valence-corrected chi connectivity index (χ3v) is 5.75. The van der Waals surface area contributed by atoms with E-state index in [0.29, 0.717) is 6.07 Å². The van der Waals surface area contributed by atoms with Gasteiger partial charge in [-0.05, 0) is 36.4 Å². The number of sulfonamides is 1. The van der Waals surface area contributed by atoms with Crippen LogP contribution in [-0.2, 0) is 21.0 Å². The van der Waals surface area contributed by atoms with E-state index in [9.17, 15) is 26.4 Å². The quantitative estimate of drug-likeness (QED) is 0.732. The maximum Gasteiger partial charge on any atom is 0.416 e. The normalized spacial score (nSPS) is 16.8. The molecule has 0 bridgehead atoms. The van der Waals surface area contributed by atoms with Crippen LogP contribution in [0.15, 0.2) is 36.4 Å². The van der Waals surface area contributed by atoms with Crippen LogP contribution >= 0.6 is 23.2 Å². The molecule has 0 saturated heterocycles. The molecule has 156 valence electrons. The average Bonchev–Trinajstić information content (AvgIpc) is 2.60. The zero-order valence-corrected chi connectivity index (χ0v) is 17.0. The van der Waals surface area contributed by atoms with E-state index in [2.05, 4.69) is 5.32 Å². The van der Waals surface area contributed by atoms with E-state index in [4.69, 9.17) is 27.9 Å². The number of carbonyl (C=O) groups is 1. The lowest BCUT2D eigenvalue weighted by Crippen LogP contribution is -2.48. The summed E-state index contributed by atoms with van der Waals surface area (Å²) in [7, 11) is -3.79. The van der Waals surface area contributed by atoms with Gasteiger partial charge in [-0.3, -0.25) is 9.10 Å². The first-order chi connectivity index (χ1) is 13.4. The second kappa shape index (κ2) is 7.58. The van der Waals surface area contributed by atoms with Crippen molar-refractivity contribution in [1.82, 2.24) is 0 Å². The van der Waals surface area contributed by atoms with Crippen molar-refractivity contribution in [2.24, 2.45) is 0 Å². The molecule has 0 aliphatic carbocycles. The first-order valence-corrected chi connectivity index (χ1v) is 10.6. The Kier molecular flexibility index (Phi) is 5.63. The molecule has 2 aromatic rings. The second-order valence-electron chi connectivity index (χ2n) is 6.19. The fourth-order valence-corrected chi connectivity index (χ4v) is 3.92. The molecule has 0 saturated carbocycles. The number of amides is 1. The fourth-order valence-electron chi connectivity index (χ4n) is 2.69. The van der Waals surface area contributed by atoms with Gasteiger partial charge in [0.1, 0.15) is 5.75 Å². The number of alkyl halides is 3. The molecule has 1 aliphatic rings. The van der Waals surface area contributed by atoms with Crippen molar-refractivity contribution in [3.05, 3.63) is 52.0 Å². The molecule has 0 aromatic heterocycles. The highest BCUT2D eigenvalue weighted by atomic mass is 35.5. The monoisotopic (exact) mass is 468 g/mol. The van der Waals surface area contributed by atoms with Crippen LogP contribution in [0.3, 0.4) is 0 Å². The van der Waals surface area contributed by atoms with E-state index in [0.717, 1.165) is 22.7 Å². The van der Waals surface area contributed by atoms with Crippen LogP contribution < -0.4 is 14.4 Å². The summed E-state index contributed by atoms with van der Waals surface area (Å²) in [6, 6.07) is 6.68. The van der Waals surface area contributed by atoms with E-state index in [1.54, 1.807) is 0 Å². The number of carbonyl (C=O) groups excluding carboxylic acids is 1. The maximum absolute atomic E-state index is 12.9. The summed E-state index contributed by atoms with van der Waals surface area (Å²) in [6.45, 7) is -0.394. The summed E-state index contributed by atoms with van der Waals surface area (Å²) in [4.78, 5) is 12.6. The van der Waals surface area contributed by atoms with Crippen LogP contribution in [0.1, 0.15) is 5.56 Å². The van der Waals surface area contributed by atoms with E-state index in [1.807, 2.05) is 0 Å². The van der Waals surface area contributed by atoms with Crippen molar-refractivity contribution in [2.45, 2.75) is 12.3 Å². The topological polar surface area (TPSA) is 75.7 Å². The highest BCUT2D eigenvalue weighted by molar-refractivity contribution is 7.92. The van der Waals surface area contributed by atoms with Crippen LogP contribution in [0.5, 0.6) is 5.75 Å². The number of halogens is 5. The Morgan fingerprint density at radius 3 is 2.52 bits per heavy atom. The lowest BCUT2D eigenvalue weighted by atomic mass is 10.1. The van der Waals surface area contributed by atoms with Crippen LogP contribution in [0, 0.1) is 0 Å². The number of hydrogen-bond acceptors (Lipinski definition) is 4. The van der Waals surface area contributed by atoms with Crippen molar-refractivity contribution < 1.29 is 31.1 Å². The molecule has 0 spiro atoms. The number of nitrogens with zero attached hydrogens (tertiary/aromatic N) is 1. The molecule has 1 amide bonds. The first-order valence-electron chi connectivity index (χ1n) is 7.98. The van der Waals surface area contributed by atoms with Crippen molar-refractivity contribution in [3.63, 3.8) is 0 Å². The van der Waals surface area contributed by atoms with Gasteiger partial charge in [-0.15, -0.1) is 0 Å². The van der Waals surface area contributed by atoms with Crippen molar-refractivity contribution in [3.8, 4) is 5.75 Å². The van der Waals surface area contributed by atoms with E-state index in [-0.39, 0.29) is 27.2 Å². The minimum absolute atomic E-state index is 0.0846. The number of anilines is 2. The number of nitrogens with one attached hydrogen (secondary N) is 1. The molecular formula is C17H13Cl2F3N2O4S. The lowest BCUT2D eigenvalue weighted by molar-refractivity contribution is -0.137. The van der Waals surface area contributed by atoms with Gasteiger partial charge in [-0.25, -0.2) is 8.42 Å². The standard InChI is InChI=1S/C17H13Cl2F3N2O4S/c1-29(26,27)24-8-15(28-14-5-3-10(18)7-13(14)24)16(25)23-12-6-9(17(20,21)22)2-4-11(12)19/h2-7,15H,8H2,1H3,(H,23,25)/t15-/m1/s1. The molecule has 3 rings (SSSR count). The lowest BCUT2D eigenvalue weighted by Gasteiger charge is -2.34. The van der Waals surface area contributed by atoms with Gasteiger partial charge in [0.2, 0.25) is 10.0 Å². The summed E-state index contributed by atoms with van der Waals surface area (Å²) < 4.78 is 69.5. The van der Waals surface area contributed by atoms with Gasteiger partial charge < -0.3 is 10.1 Å². The zero-order valence-electron chi connectivity index (χ0n) is 14.6. The molecule has 0 fully saturated rings. The molecule has 1 N–H and O–H groups in total. The number of ether oxygens (including phenoxy) is 1. The molecule has 1 aliphatic heterocycles. The zero-order chi connectivity index (χ0) is 21.6. The largest absolute Gasteiger partial charge is 0.476 e. The highest BCUT2D eigenvalue weighted by Gasteiger charge is 2.36. The number of fused-ring (bicyclic) bond motifs is 1. The third kappa shape index (κ3) is 4.71. The molecule has 1 heterocycles. The Labute approximate surface area is 174 Å². The predicted molar refractivity (Wildman–Crippen MR) is 103 cm³/mol. The van der Waals surface area contributed by atoms with Crippen LogP contribution in [0.4, 0.5) is 24.5 Å². The molecule has 2 aromatic carbocycles. The molecule has 0 unspecified atom stereocenters. The molecule has 29 heavy (non-hydrogen) atoms. The van der Waals surface area contributed by atoms with Gasteiger partial charge in [0.25, 0.3) is 5.91 Å².